The van der Waals surface area contributed by atoms with Crippen molar-refractivity contribution in [2.75, 3.05) is 5.75 Å². The molecule has 0 atom stereocenters. The Kier molecular flexibility index (Phi) is 3.81. The number of rotatable bonds is 4. The van der Waals surface area contributed by atoms with E-state index in [0.717, 1.165) is 16.3 Å². The lowest BCUT2D eigenvalue weighted by atomic mass is 10.0. The van der Waals surface area contributed by atoms with E-state index in [1.165, 1.54) is 23.7 Å². The Bertz CT molecular complexity index is 577. The molecule has 1 aromatic carbocycles. The Morgan fingerprint density at radius 2 is 2.17 bits per heavy atom. The fraction of sp³-hybridized carbons (Fsp3) is 0.308. The highest BCUT2D eigenvalue weighted by Crippen LogP contribution is 2.18. The lowest BCUT2D eigenvalue weighted by molar-refractivity contribution is 0.102. The predicted octanol–water partition coefficient (Wildman–Crippen LogP) is 2.41. The lowest BCUT2D eigenvalue weighted by Gasteiger charge is -2.05. The van der Waals surface area contributed by atoms with E-state index >= 15 is 0 Å². The van der Waals surface area contributed by atoms with Crippen molar-refractivity contribution in [1.29, 1.82) is 0 Å². The van der Waals surface area contributed by atoms with Crippen LogP contribution in [0.5, 0.6) is 0 Å². The molecule has 1 heterocycles. The first-order valence-electron chi connectivity index (χ1n) is 5.65. The summed E-state index contributed by atoms with van der Waals surface area (Å²) in [6, 6.07) is 5.89. The van der Waals surface area contributed by atoms with Crippen LogP contribution in [-0.2, 0) is 7.05 Å². The highest BCUT2D eigenvalue weighted by Gasteiger charge is 2.11. The van der Waals surface area contributed by atoms with Crippen molar-refractivity contribution >= 4 is 17.5 Å². The number of ketones is 1. The van der Waals surface area contributed by atoms with Gasteiger partial charge in [0.2, 0.25) is 0 Å². The molecule has 4 nitrogen and oxygen atoms in total. The fourth-order valence-corrected chi connectivity index (χ4v) is 2.52. The summed E-state index contributed by atoms with van der Waals surface area (Å²) in [5.74, 6) is 0.511. The standard InChI is InChI=1S/C13H15N3OS/c1-9-4-5-11(10(2)6-9)12(17)7-18-13-14-8-15-16(13)3/h4-6,8H,7H2,1-3H3. The van der Waals surface area contributed by atoms with Crippen LogP contribution in [0.25, 0.3) is 0 Å². The van der Waals surface area contributed by atoms with Gasteiger partial charge in [0.25, 0.3) is 0 Å². The zero-order valence-corrected chi connectivity index (χ0v) is 11.5. The van der Waals surface area contributed by atoms with Gasteiger partial charge in [0, 0.05) is 12.6 Å². The van der Waals surface area contributed by atoms with Crippen molar-refractivity contribution in [3.63, 3.8) is 0 Å². The largest absolute Gasteiger partial charge is 0.293 e. The van der Waals surface area contributed by atoms with E-state index in [1.54, 1.807) is 4.68 Å². The number of hydrogen-bond acceptors (Lipinski definition) is 4. The Hall–Kier alpha value is -1.62. The predicted molar refractivity (Wildman–Crippen MR) is 72.0 cm³/mol. The number of carbonyl (C=O) groups excluding carboxylic acids is 1. The number of thioether (sulfide) groups is 1. The van der Waals surface area contributed by atoms with Crippen molar-refractivity contribution in [2.45, 2.75) is 19.0 Å². The average molecular weight is 261 g/mol. The molecule has 94 valence electrons. The molecule has 0 N–H and O–H groups in total. The van der Waals surface area contributed by atoms with Crippen LogP contribution >= 0.6 is 11.8 Å². The highest BCUT2D eigenvalue weighted by atomic mass is 32.2. The number of Topliss-reactive ketones (excluding diaryl/α,β-unsaturated/α-hetero) is 1. The second-order valence-electron chi connectivity index (χ2n) is 4.20. The molecule has 0 spiro atoms. The highest BCUT2D eigenvalue weighted by molar-refractivity contribution is 7.99. The Balaban J connectivity index is 2.06. The number of aromatic nitrogens is 3. The van der Waals surface area contributed by atoms with Crippen LogP contribution in [-0.4, -0.2) is 26.3 Å². The molecule has 0 amide bonds. The first-order valence-corrected chi connectivity index (χ1v) is 6.63. The quantitative estimate of drug-likeness (QED) is 0.626. The van der Waals surface area contributed by atoms with Gasteiger partial charge in [0.1, 0.15) is 6.33 Å². The number of nitrogens with zero attached hydrogens (tertiary/aromatic N) is 3. The summed E-state index contributed by atoms with van der Waals surface area (Å²) < 4.78 is 1.67. The second kappa shape index (κ2) is 5.35. The van der Waals surface area contributed by atoms with Gasteiger partial charge in [-0.1, -0.05) is 35.5 Å². The van der Waals surface area contributed by atoms with E-state index < -0.39 is 0 Å². The summed E-state index contributed by atoms with van der Waals surface area (Å²) >= 11 is 1.41. The summed E-state index contributed by atoms with van der Waals surface area (Å²) in [6.45, 7) is 3.99. The van der Waals surface area contributed by atoms with Crippen LogP contribution in [0.2, 0.25) is 0 Å². The average Bonchev–Trinajstić information content (AvgIpc) is 2.72. The third-order valence-corrected chi connectivity index (χ3v) is 3.72. The summed E-state index contributed by atoms with van der Waals surface area (Å²) in [7, 11) is 1.82. The van der Waals surface area contributed by atoms with Crippen LogP contribution in [0.1, 0.15) is 21.5 Å². The maximum absolute atomic E-state index is 12.1. The molecular formula is C13H15N3OS. The van der Waals surface area contributed by atoms with Crippen LogP contribution in [0.4, 0.5) is 0 Å². The molecule has 2 aromatic rings. The number of benzene rings is 1. The number of carbonyl (C=O) groups is 1. The minimum atomic E-state index is 0.125. The molecule has 5 heteroatoms. The lowest BCUT2D eigenvalue weighted by Crippen LogP contribution is -2.06. The van der Waals surface area contributed by atoms with Gasteiger partial charge in [0.05, 0.1) is 5.75 Å². The SMILES string of the molecule is Cc1ccc(C(=O)CSc2ncnn2C)c(C)c1. The van der Waals surface area contributed by atoms with Gasteiger partial charge in [-0.25, -0.2) is 9.67 Å². The van der Waals surface area contributed by atoms with Gasteiger partial charge in [-0.05, 0) is 19.4 Å². The molecule has 0 radical (unpaired) electrons. The summed E-state index contributed by atoms with van der Waals surface area (Å²) in [6.07, 6.45) is 1.49. The summed E-state index contributed by atoms with van der Waals surface area (Å²) in [5, 5.41) is 4.73. The normalized spacial score (nSPS) is 10.6. The van der Waals surface area contributed by atoms with Crippen LogP contribution in [0.15, 0.2) is 29.7 Å². The van der Waals surface area contributed by atoms with Gasteiger partial charge >= 0.3 is 0 Å². The first-order chi connectivity index (χ1) is 8.58. The van der Waals surface area contributed by atoms with Gasteiger partial charge < -0.3 is 0 Å². The monoisotopic (exact) mass is 261 g/mol. The molecule has 0 saturated heterocycles. The summed E-state index contributed by atoms with van der Waals surface area (Å²) in [4.78, 5) is 16.2. The second-order valence-corrected chi connectivity index (χ2v) is 5.14. The van der Waals surface area contributed by atoms with E-state index in [1.807, 2.05) is 39.1 Å². The molecule has 2 rings (SSSR count). The number of hydrogen-bond donors (Lipinski definition) is 0. The van der Waals surface area contributed by atoms with E-state index in [4.69, 9.17) is 0 Å². The first kappa shape index (κ1) is 12.8. The molecule has 0 aliphatic heterocycles. The maximum atomic E-state index is 12.1. The number of aryl methyl sites for hydroxylation is 3. The zero-order chi connectivity index (χ0) is 13.1. The fourth-order valence-electron chi connectivity index (χ4n) is 1.75. The van der Waals surface area contributed by atoms with Crippen molar-refractivity contribution in [3.05, 3.63) is 41.2 Å². The van der Waals surface area contributed by atoms with Crippen molar-refractivity contribution in [1.82, 2.24) is 14.8 Å². The van der Waals surface area contributed by atoms with Crippen molar-refractivity contribution in [2.24, 2.45) is 7.05 Å². The molecule has 0 unspecified atom stereocenters. The zero-order valence-electron chi connectivity index (χ0n) is 10.7. The molecule has 0 fully saturated rings. The maximum Gasteiger partial charge on any atom is 0.186 e. The smallest absolute Gasteiger partial charge is 0.186 e. The Morgan fingerprint density at radius 3 is 2.78 bits per heavy atom. The van der Waals surface area contributed by atoms with Crippen LogP contribution in [0.3, 0.4) is 0 Å². The third kappa shape index (κ3) is 2.79. The summed E-state index contributed by atoms with van der Waals surface area (Å²) in [5.41, 5.74) is 2.99. The minimum Gasteiger partial charge on any atom is -0.293 e. The molecule has 0 bridgehead atoms. The van der Waals surface area contributed by atoms with Gasteiger partial charge in [0.15, 0.2) is 10.9 Å². The van der Waals surface area contributed by atoms with Gasteiger partial charge in [-0.2, -0.15) is 5.10 Å². The van der Waals surface area contributed by atoms with E-state index in [2.05, 4.69) is 10.1 Å². The van der Waals surface area contributed by atoms with E-state index in [9.17, 15) is 4.79 Å². The van der Waals surface area contributed by atoms with Crippen molar-refractivity contribution < 1.29 is 4.79 Å². The van der Waals surface area contributed by atoms with Crippen LogP contribution in [0, 0.1) is 13.8 Å². The molecule has 18 heavy (non-hydrogen) atoms. The van der Waals surface area contributed by atoms with E-state index in [0.29, 0.717) is 5.75 Å². The van der Waals surface area contributed by atoms with Crippen molar-refractivity contribution in [3.8, 4) is 0 Å². The Morgan fingerprint density at radius 1 is 1.39 bits per heavy atom. The topological polar surface area (TPSA) is 47.8 Å². The molecule has 0 aliphatic carbocycles. The molecule has 0 saturated carbocycles. The van der Waals surface area contributed by atoms with Gasteiger partial charge in [-0.3, -0.25) is 4.79 Å². The van der Waals surface area contributed by atoms with Gasteiger partial charge in [-0.15, -0.1) is 0 Å². The molecular weight excluding hydrogens is 246 g/mol. The minimum absolute atomic E-state index is 0.125. The Labute approximate surface area is 110 Å². The van der Waals surface area contributed by atoms with Crippen LogP contribution < -0.4 is 0 Å². The molecule has 0 aliphatic rings. The third-order valence-electron chi connectivity index (χ3n) is 2.68. The van der Waals surface area contributed by atoms with E-state index in [-0.39, 0.29) is 5.78 Å². The molecule has 1 aromatic heterocycles.